The van der Waals surface area contributed by atoms with Crippen LogP contribution in [0.15, 0.2) is 30.5 Å². The summed E-state index contributed by atoms with van der Waals surface area (Å²) in [4.78, 5) is 15.5. The summed E-state index contributed by atoms with van der Waals surface area (Å²) in [6.07, 6.45) is 2.61. The molecule has 0 aliphatic heterocycles. The number of ketones is 1. The van der Waals surface area contributed by atoms with Gasteiger partial charge in [-0.05, 0) is 25.5 Å². The van der Waals surface area contributed by atoms with E-state index in [0.29, 0.717) is 11.4 Å². The van der Waals surface area contributed by atoms with Gasteiger partial charge in [0.15, 0.2) is 5.78 Å². The maximum absolute atomic E-state index is 11.6. The Balaban J connectivity index is 2.26. The van der Waals surface area contributed by atoms with Gasteiger partial charge < -0.3 is 10.3 Å². The van der Waals surface area contributed by atoms with Crippen molar-refractivity contribution in [3.63, 3.8) is 0 Å². The number of hydrogen-bond acceptors (Lipinski definition) is 2. The lowest BCUT2D eigenvalue weighted by molar-refractivity contribution is -0.118. The number of benzene rings is 1. The fraction of sp³-hybridized carbons (Fsp3) is 0.286. The first-order valence-electron chi connectivity index (χ1n) is 5.90. The van der Waals surface area contributed by atoms with Crippen LogP contribution in [0.1, 0.15) is 19.4 Å². The molecule has 0 aliphatic rings. The van der Waals surface area contributed by atoms with Crippen LogP contribution in [-0.2, 0) is 11.2 Å². The van der Waals surface area contributed by atoms with Crippen molar-refractivity contribution in [2.45, 2.75) is 26.3 Å². The Hall–Kier alpha value is -1.68. The molecule has 4 heteroatoms. The number of aromatic nitrogens is 1. The molecule has 3 nitrogen and oxygen atoms in total. The predicted octanol–water partition coefficient (Wildman–Crippen LogP) is 2.60. The molecule has 0 bridgehead atoms. The Morgan fingerprint density at radius 1 is 1.39 bits per heavy atom. The number of aromatic amines is 1. The van der Waals surface area contributed by atoms with Crippen LogP contribution in [0.5, 0.6) is 0 Å². The van der Waals surface area contributed by atoms with Gasteiger partial charge in [-0.2, -0.15) is 0 Å². The standard InChI is InChI=1S/C14H16N2OS/c1-9(17)14(16-10(2)18)7-11-8-15-13-6-4-3-5-12(11)13/h3-6,8,14-15H,7H2,1-2H3,(H,16,18). The van der Waals surface area contributed by atoms with Crippen LogP contribution in [0.3, 0.4) is 0 Å². The van der Waals surface area contributed by atoms with Crippen LogP contribution in [0, 0.1) is 0 Å². The van der Waals surface area contributed by atoms with Crippen LogP contribution < -0.4 is 5.32 Å². The maximum atomic E-state index is 11.6. The molecule has 0 radical (unpaired) electrons. The summed E-state index contributed by atoms with van der Waals surface area (Å²) in [7, 11) is 0. The first-order valence-corrected chi connectivity index (χ1v) is 6.31. The topological polar surface area (TPSA) is 44.9 Å². The van der Waals surface area contributed by atoms with E-state index in [4.69, 9.17) is 12.2 Å². The van der Waals surface area contributed by atoms with Crippen LogP contribution in [0.2, 0.25) is 0 Å². The highest BCUT2D eigenvalue weighted by atomic mass is 32.1. The largest absolute Gasteiger partial charge is 0.370 e. The lowest BCUT2D eigenvalue weighted by Crippen LogP contribution is -2.39. The molecule has 1 atom stereocenters. The molecule has 94 valence electrons. The second-order valence-electron chi connectivity index (χ2n) is 4.43. The minimum Gasteiger partial charge on any atom is -0.370 e. The SMILES string of the molecule is CC(=O)C(Cc1c[nH]c2ccccc12)NC(C)=S. The summed E-state index contributed by atoms with van der Waals surface area (Å²) in [6, 6.07) is 7.83. The molecule has 18 heavy (non-hydrogen) atoms. The number of Topliss-reactive ketones (excluding diaryl/α,β-unsaturated/α-hetero) is 1. The second kappa shape index (κ2) is 5.31. The van der Waals surface area contributed by atoms with Crippen molar-refractivity contribution in [3.05, 3.63) is 36.0 Å². The number of hydrogen-bond donors (Lipinski definition) is 2. The zero-order valence-electron chi connectivity index (χ0n) is 10.5. The van der Waals surface area contributed by atoms with Crippen LogP contribution in [0.4, 0.5) is 0 Å². The minimum atomic E-state index is -0.248. The first kappa shape index (κ1) is 12.8. The maximum Gasteiger partial charge on any atom is 0.152 e. The summed E-state index contributed by atoms with van der Waals surface area (Å²) < 4.78 is 0. The minimum absolute atomic E-state index is 0.101. The summed E-state index contributed by atoms with van der Waals surface area (Å²) >= 11 is 5.01. The van der Waals surface area contributed by atoms with E-state index in [1.165, 1.54) is 0 Å². The summed E-state index contributed by atoms with van der Waals surface area (Å²) in [5, 5.41) is 4.21. The molecule has 1 heterocycles. The molecule has 1 aromatic heterocycles. The Bertz CT molecular complexity index is 588. The van der Waals surface area contributed by atoms with Gasteiger partial charge in [0, 0.05) is 23.5 Å². The molecule has 2 N–H and O–H groups in total. The van der Waals surface area contributed by atoms with Crippen molar-refractivity contribution in [2.75, 3.05) is 0 Å². The number of carbonyl (C=O) groups excluding carboxylic acids is 1. The van der Waals surface area contributed by atoms with Crippen LogP contribution in [0.25, 0.3) is 10.9 Å². The van der Waals surface area contributed by atoms with Crippen molar-refractivity contribution in [3.8, 4) is 0 Å². The van der Waals surface area contributed by atoms with Crippen LogP contribution >= 0.6 is 12.2 Å². The first-order chi connectivity index (χ1) is 8.58. The highest BCUT2D eigenvalue weighted by molar-refractivity contribution is 7.80. The number of thiocarbonyl (C=S) groups is 1. The Morgan fingerprint density at radius 2 is 2.11 bits per heavy atom. The lowest BCUT2D eigenvalue weighted by atomic mass is 10.0. The van der Waals surface area contributed by atoms with Gasteiger partial charge in [0.1, 0.15) is 0 Å². The summed E-state index contributed by atoms with van der Waals surface area (Å²) in [6.45, 7) is 3.38. The van der Waals surface area contributed by atoms with Gasteiger partial charge in [-0.1, -0.05) is 30.4 Å². The monoisotopic (exact) mass is 260 g/mol. The summed E-state index contributed by atoms with van der Waals surface area (Å²) in [5.74, 6) is 0.101. The molecular formula is C14H16N2OS. The van der Waals surface area contributed by atoms with E-state index >= 15 is 0 Å². The fourth-order valence-corrected chi connectivity index (χ4v) is 2.20. The number of nitrogens with one attached hydrogen (secondary N) is 2. The van der Waals surface area contributed by atoms with E-state index in [-0.39, 0.29) is 11.8 Å². The van der Waals surface area contributed by atoms with Gasteiger partial charge in [-0.25, -0.2) is 0 Å². The predicted molar refractivity (Wildman–Crippen MR) is 77.9 cm³/mol. The molecule has 2 aromatic rings. The third kappa shape index (κ3) is 2.76. The van der Waals surface area contributed by atoms with E-state index in [0.717, 1.165) is 16.5 Å². The van der Waals surface area contributed by atoms with Crippen molar-refractivity contribution in [1.82, 2.24) is 10.3 Å². The smallest absolute Gasteiger partial charge is 0.152 e. The average molecular weight is 260 g/mol. The molecule has 0 aliphatic carbocycles. The van der Waals surface area contributed by atoms with Crippen molar-refractivity contribution in [2.24, 2.45) is 0 Å². The number of carbonyl (C=O) groups is 1. The Morgan fingerprint density at radius 3 is 2.78 bits per heavy atom. The summed E-state index contributed by atoms with van der Waals surface area (Å²) in [5.41, 5.74) is 2.23. The van der Waals surface area contributed by atoms with E-state index in [1.807, 2.05) is 24.4 Å². The van der Waals surface area contributed by atoms with Crippen molar-refractivity contribution >= 4 is 33.9 Å². The van der Waals surface area contributed by atoms with Gasteiger partial charge in [0.2, 0.25) is 0 Å². The molecular weight excluding hydrogens is 244 g/mol. The van der Waals surface area contributed by atoms with Gasteiger partial charge in [-0.3, -0.25) is 4.79 Å². The molecule has 0 spiro atoms. The fourth-order valence-electron chi connectivity index (χ4n) is 2.06. The number of para-hydroxylation sites is 1. The second-order valence-corrected chi connectivity index (χ2v) is 5.04. The van der Waals surface area contributed by atoms with Crippen molar-refractivity contribution < 1.29 is 4.79 Å². The molecule has 0 fully saturated rings. The number of rotatable bonds is 4. The van der Waals surface area contributed by atoms with Crippen LogP contribution in [-0.4, -0.2) is 21.8 Å². The molecule has 2 rings (SSSR count). The van der Waals surface area contributed by atoms with Gasteiger partial charge in [-0.15, -0.1) is 0 Å². The number of H-pyrrole nitrogens is 1. The molecule has 0 saturated carbocycles. The molecule has 1 aromatic carbocycles. The molecule has 0 amide bonds. The highest BCUT2D eigenvalue weighted by Crippen LogP contribution is 2.19. The zero-order chi connectivity index (χ0) is 13.1. The van der Waals surface area contributed by atoms with E-state index < -0.39 is 0 Å². The lowest BCUT2D eigenvalue weighted by Gasteiger charge is -2.15. The normalized spacial score (nSPS) is 12.3. The molecule has 1 unspecified atom stereocenters. The van der Waals surface area contributed by atoms with E-state index in [9.17, 15) is 4.79 Å². The number of fused-ring (bicyclic) bond motifs is 1. The Kier molecular flexibility index (Phi) is 3.77. The third-order valence-electron chi connectivity index (χ3n) is 2.97. The van der Waals surface area contributed by atoms with Crippen molar-refractivity contribution in [1.29, 1.82) is 0 Å². The van der Waals surface area contributed by atoms with E-state index in [1.54, 1.807) is 13.8 Å². The third-order valence-corrected chi connectivity index (χ3v) is 3.09. The Labute approximate surface area is 112 Å². The average Bonchev–Trinajstić information content (AvgIpc) is 2.71. The van der Waals surface area contributed by atoms with Gasteiger partial charge >= 0.3 is 0 Å². The highest BCUT2D eigenvalue weighted by Gasteiger charge is 2.16. The molecule has 0 saturated heterocycles. The van der Waals surface area contributed by atoms with Gasteiger partial charge in [0.05, 0.1) is 11.0 Å². The zero-order valence-corrected chi connectivity index (χ0v) is 11.3. The van der Waals surface area contributed by atoms with Gasteiger partial charge in [0.25, 0.3) is 0 Å². The van der Waals surface area contributed by atoms with E-state index in [2.05, 4.69) is 16.4 Å². The quantitative estimate of drug-likeness (QED) is 0.831.